The van der Waals surface area contributed by atoms with Gasteiger partial charge in [0.2, 0.25) is 0 Å². The van der Waals surface area contributed by atoms with Gasteiger partial charge in [0.05, 0.1) is 18.8 Å². The molecule has 0 radical (unpaired) electrons. The van der Waals surface area contributed by atoms with E-state index in [1.54, 1.807) is 14.2 Å². The van der Waals surface area contributed by atoms with Gasteiger partial charge in [0, 0.05) is 45.0 Å². The Morgan fingerprint density at radius 2 is 1.78 bits per heavy atom. The maximum atomic E-state index is 12.9. The molecule has 142 valence electrons. The van der Waals surface area contributed by atoms with Crippen molar-refractivity contribution in [2.75, 3.05) is 27.3 Å². The number of carbonyl (C=O) groups excluding carboxylic acids is 1. The summed E-state index contributed by atoms with van der Waals surface area (Å²) >= 11 is 0. The first-order valence-corrected chi connectivity index (χ1v) is 9.39. The number of ether oxygens (including phenoxy) is 3. The van der Waals surface area contributed by atoms with Crippen LogP contribution >= 0.6 is 0 Å². The largest absolute Gasteiger partial charge is 0.496 e. The number of hydrogen-bond acceptors (Lipinski definition) is 4. The molecule has 2 aromatic carbocycles. The van der Waals surface area contributed by atoms with Crippen molar-refractivity contribution in [3.63, 3.8) is 0 Å². The number of piperidine rings is 1. The van der Waals surface area contributed by atoms with Gasteiger partial charge in [-0.05, 0) is 18.2 Å². The lowest BCUT2D eigenvalue weighted by Gasteiger charge is -2.46. The van der Waals surface area contributed by atoms with Crippen LogP contribution < -0.4 is 9.47 Å². The maximum Gasteiger partial charge on any atom is 0.257 e. The number of rotatable bonds is 3. The molecule has 0 saturated carbocycles. The minimum atomic E-state index is -0.271. The summed E-state index contributed by atoms with van der Waals surface area (Å²) in [6.07, 6.45) is 2.44. The minimum Gasteiger partial charge on any atom is -0.496 e. The molecule has 1 amide bonds. The molecule has 1 fully saturated rings. The summed E-state index contributed by atoms with van der Waals surface area (Å²) in [4.78, 5) is 14.8. The highest BCUT2D eigenvalue weighted by molar-refractivity contribution is 5.97. The molecule has 0 aliphatic carbocycles. The number of amides is 1. The summed E-state index contributed by atoms with van der Waals surface area (Å²) in [6, 6.07) is 15.5. The Labute approximate surface area is 159 Å². The minimum absolute atomic E-state index is 0.0156. The van der Waals surface area contributed by atoms with E-state index in [0.29, 0.717) is 24.4 Å². The van der Waals surface area contributed by atoms with Crippen molar-refractivity contribution in [3.05, 3.63) is 59.7 Å². The number of methoxy groups -OCH3 is 2. The number of carbonyl (C=O) groups is 1. The van der Waals surface area contributed by atoms with Gasteiger partial charge in [-0.2, -0.15) is 0 Å². The molecule has 2 aromatic rings. The third-order valence-electron chi connectivity index (χ3n) is 5.73. The Balaban J connectivity index is 1.50. The molecule has 5 nitrogen and oxygen atoms in total. The molecule has 0 N–H and O–H groups in total. The topological polar surface area (TPSA) is 48.0 Å². The number of nitrogens with zero attached hydrogens (tertiary/aromatic N) is 1. The second kappa shape index (κ2) is 7.24. The summed E-state index contributed by atoms with van der Waals surface area (Å²) in [5, 5.41) is 0. The smallest absolute Gasteiger partial charge is 0.257 e. The highest BCUT2D eigenvalue weighted by Crippen LogP contribution is 2.45. The monoisotopic (exact) mass is 367 g/mol. The van der Waals surface area contributed by atoms with Gasteiger partial charge >= 0.3 is 0 Å². The lowest BCUT2D eigenvalue weighted by atomic mass is 9.81. The van der Waals surface area contributed by atoms with Crippen molar-refractivity contribution in [1.29, 1.82) is 0 Å². The van der Waals surface area contributed by atoms with E-state index in [0.717, 1.165) is 30.6 Å². The van der Waals surface area contributed by atoms with Crippen LogP contribution in [0.15, 0.2) is 48.5 Å². The Hall–Kier alpha value is -2.53. The van der Waals surface area contributed by atoms with Crippen LogP contribution in [-0.4, -0.2) is 43.7 Å². The van der Waals surface area contributed by atoms with E-state index in [-0.39, 0.29) is 17.6 Å². The van der Waals surface area contributed by atoms with E-state index >= 15 is 0 Å². The van der Waals surface area contributed by atoms with E-state index in [9.17, 15) is 4.79 Å². The third-order valence-corrected chi connectivity index (χ3v) is 5.73. The van der Waals surface area contributed by atoms with Crippen molar-refractivity contribution in [2.24, 2.45) is 0 Å². The van der Waals surface area contributed by atoms with Gasteiger partial charge in [-0.25, -0.2) is 0 Å². The third kappa shape index (κ3) is 3.28. The summed E-state index contributed by atoms with van der Waals surface area (Å²) in [6.45, 7) is 1.32. The fourth-order valence-electron chi connectivity index (χ4n) is 4.19. The standard InChI is InChI=1S/C22H25NO4/c1-25-18-9-5-4-8-17(18)21(24)23-13-11-22(12-14-23)15-20(26-2)16-7-3-6-10-19(16)27-22/h3-10,20H,11-15H2,1-2H3/t20-/m1/s1. The number of benzene rings is 2. The lowest BCUT2D eigenvalue weighted by Crippen LogP contribution is -2.52. The molecule has 2 aliphatic rings. The van der Waals surface area contributed by atoms with Crippen LogP contribution in [0.2, 0.25) is 0 Å². The van der Waals surface area contributed by atoms with Gasteiger partial charge in [-0.15, -0.1) is 0 Å². The fourth-order valence-corrected chi connectivity index (χ4v) is 4.19. The van der Waals surface area contributed by atoms with Crippen LogP contribution in [0.3, 0.4) is 0 Å². The SMILES string of the molecule is COc1ccccc1C(=O)N1CCC2(CC1)C[C@@H](OC)c1ccccc1O2. The second-order valence-corrected chi connectivity index (χ2v) is 7.24. The molecule has 2 aliphatic heterocycles. The Morgan fingerprint density at radius 3 is 2.52 bits per heavy atom. The van der Waals surface area contributed by atoms with Gasteiger partial charge < -0.3 is 19.1 Å². The second-order valence-electron chi connectivity index (χ2n) is 7.24. The zero-order valence-electron chi connectivity index (χ0n) is 15.8. The Morgan fingerprint density at radius 1 is 1.07 bits per heavy atom. The Kier molecular flexibility index (Phi) is 4.79. The van der Waals surface area contributed by atoms with E-state index in [1.165, 1.54) is 0 Å². The fraction of sp³-hybridized carbons (Fsp3) is 0.409. The highest BCUT2D eigenvalue weighted by atomic mass is 16.5. The van der Waals surface area contributed by atoms with Crippen LogP contribution in [-0.2, 0) is 4.74 Å². The van der Waals surface area contributed by atoms with E-state index < -0.39 is 0 Å². The molecule has 0 aromatic heterocycles. The normalized spacial score (nSPS) is 20.7. The van der Waals surface area contributed by atoms with Crippen molar-refractivity contribution in [3.8, 4) is 11.5 Å². The average Bonchev–Trinajstić information content (AvgIpc) is 2.73. The summed E-state index contributed by atoms with van der Waals surface area (Å²) in [5.41, 5.74) is 1.45. The molecule has 27 heavy (non-hydrogen) atoms. The molecule has 0 bridgehead atoms. The van der Waals surface area contributed by atoms with E-state index in [1.807, 2.05) is 47.4 Å². The van der Waals surface area contributed by atoms with E-state index in [4.69, 9.17) is 14.2 Å². The van der Waals surface area contributed by atoms with Gasteiger partial charge in [0.15, 0.2) is 0 Å². The quantitative estimate of drug-likeness (QED) is 0.827. The lowest BCUT2D eigenvalue weighted by molar-refractivity contribution is -0.0609. The number of likely N-dealkylation sites (tertiary alicyclic amines) is 1. The van der Waals surface area contributed by atoms with Crippen molar-refractivity contribution in [2.45, 2.75) is 31.0 Å². The van der Waals surface area contributed by atoms with Crippen molar-refractivity contribution in [1.82, 2.24) is 4.90 Å². The van der Waals surface area contributed by atoms with Gasteiger partial charge in [0.1, 0.15) is 17.1 Å². The van der Waals surface area contributed by atoms with Crippen LogP contribution in [0.4, 0.5) is 0 Å². The molecule has 2 heterocycles. The molecule has 1 spiro atoms. The maximum absolute atomic E-state index is 12.9. The predicted molar refractivity (Wildman–Crippen MR) is 102 cm³/mol. The zero-order chi connectivity index (χ0) is 18.9. The van der Waals surface area contributed by atoms with Crippen LogP contribution in [0.5, 0.6) is 11.5 Å². The first kappa shape index (κ1) is 17.9. The van der Waals surface area contributed by atoms with Gasteiger partial charge in [-0.3, -0.25) is 4.79 Å². The van der Waals surface area contributed by atoms with E-state index in [2.05, 4.69) is 6.07 Å². The first-order valence-electron chi connectivity index (χ1n) is 9.39. The number of fused-ring (bicyclic) bond motifs is 1. The van der Waals surface area contributed by atoms with Crippen LogP contribution in [0.25, 0.3) is 0 Å². The van der Waals surface area contributed by atoms with Crippen molar-refractivity contribution >= 4 is 5.91 Å². The number of para-hydroxylation sites is 2. The molecular formula is C22H25NO4. The average molecular weight is 367 g/mol. The summed E-state index contributed by atoms with van der Waals surface area (Å²) < 4.78 is 17.5. The van der Waals surface area contributed by atoms with Crippen molar-refractivity contribution < 1.29 is 19.0 Å². The molecule has 1 saturated heterocycles. The zero-order valence-corrected chi connectivity index (χ0v) is 15.8. The van der Waals surface area contributed by atoms with Gasteiger partial charge in [-0.1, -0.05) is 30.3 Å². The summed E-state index contributed by atoms with van der Waals surface area (Å²) in [5.74, 6) is 1.53. The van der Waals surface area contributed by atoms with Gasteiger partial charge in [0.25, 0.3) is 5.91 Å². The molecule has 4 rings (SSSR count). The number of hydrogen-bond donors (Lipinski definition) is 0. The Bertz CT molecular complexity index is 827. The summed E-state index contributed by atoms with van der Waals surface area (Å²) in [7, 11) is 3.34. The first-order chi connectivity index (χ1) is 13.2. The predicted octanol–water partition coefficient (Wildman–Crippen LogP) is 3.84. The van der Waals surface area contributed by atoms with Crippen LogP contribution in [0.1, 0.15) is 41.3 Å². The highest BCUT2D eigenvalue weighted by Gasteiger charge is 2.44. The molecule has 1 atom stereocenters. The molecular weight excluding hydrogens is 342 g/mol. The van der Waals surface area contributed by atoms with Crippen LogP contribution in [0, 0.1) is 0 Å². The molecule has 5 heteroatoms. The molecule has 0 unspecified atom stereocenters.